The molecular formula is C20H18O7. The van der Waals surface area contributed by atoms with Crippen LogP contribution in [0.3, 0.4) is 0 Å². The number of phenols is 2. The maximum Gasteiger partial charge on any atom is 0.201 e. The van der Waals surface area contributed by atoms with Gasteiger partial charge in [-0.3, -0.25) is 9.59 Å². The van der Waals surface area contributed by atoms with Crippen molar-refractivity contribution in [1.82, 2.24) is 0 Å². The number of aromatic hydroxyl groups is 2. The Morgan fingerprint density at radius 2 is 1.74 bits per heavy atom. The first-order valence-electron chi connectivity index (χ1n) is 8.47. The molecule has 2 atom stereocenters. The van der Waals surface area contributed by atoms with Crippen molar-refractivity contribution in [3.8, 4) is 17.2 Å². The molecule has 7 heteroatoms. The molecule has 7 nitrogen and oxygen atoms in total. The van der Waals surface area contributed by atoms with Crippen LogP contribution in [0.4, 0.5) is 0 Å². The molecule has 2 aliphatic carbocycles. The average molecular weight is 370 g/mol. The highest BCUT2D eigenvalue weighted by Crippen LogP contribution is 2.46. The van der Waals surface area contributed by atoms with Gasteiger partial charge in [-0.1, -0.05) is 0 Å². The predicted molar refractivity (Wildman–Crippen MR) is 93.5 cm³/mol. The standard InChI is InChI=1S/C20H18O7/c1-20(26)4-3-9-10(19(20)25)7-12-15(17(9)23)18(24)14-11(16(12)22)5-8(27-2)6-13(14)21/h5-7,19,21,23,25-26H,3-4H2,1-2H3. The molecule has 140 valence electrons. The first-order chi connectivity index (χ1) is 12.7. The van der Waals surface area contributed by atoms with Crippen molar-refractivity contribution in [2.45, 2.75) is 31.5 Å². The number of methoxy groups -OCH3 is 1. The van der Waals surface area contributed by atoms with Crippen molar-refractivity contribution >= 4 is 11.6 Å². The smallest absolute Gasteiger partial charge is 0.201 e. The van der Waals surface area contributed by atoms with Gasteiger partial charge >= 0.3 is 0 Å². The lowest BCUT2D eigenvalue weighted by molar-refractivity contribution is -0.0754. The summed E-state index contributed by atoms with van der Waals surface area (Å²) in [7, 11) is 1.37. The van der Waals surface area contributed by atoms with E-state index in [1.807, 2.05) is 0 Å². The van der Waals surface area contributed by atoms with Crippen molar-refractivity contribution in [3.05, 3.63) is 51.6 Å². The Labute approximate surface area is 154 Å². The minimum absolute atomic E-state index is 0.0410. The fraction of sp³-hybridized carbons (Fsp3) is 0.300. The summed E-state index contributed by atoms with van der Waals surface area (Å²) >= 11 is 0. The van der Waals surface area contributed by atoms with Crippen LogP contribution in [0.1, 0.15) is 62.4 Å². The lowest BCUT2D eigenvalue weighted by Crippen LogP contribution is -2.38. The SMILES string of the molecule is COc1cc(O)c2c(c1)C(=O)c1cc3c(c(O)c1C2=O)CCC(C)(O)C3O. The van der Waals surface area contributed by atoms with Crippen molar-refractivity contribution in [2.24, 2.45) is 0 Å². The zero-order valence-corrected chi connectivity index (χ0v) is 14.7. The molecule has 0 fully saturated rings. The quantitative estimate of drug-likeness (QED) is 0.513. The van der Waals surface area contributed by atoms with Crippen LogP contribution in [-0.2, 0) is 6.42 Å². The summed E-state index contributed by atoms with van der Waals surface area (Å²) in [6, 6.07) is 3.93. The number of rotatable bonds is 1. The summed E-state index contributed by atoms with van der Waals surface area (Å²) in [5, 5.41) is 41.7. The molecule has 0 heterocycles. The zero-order chi connectivity index (χ0) is 19.7. The number of hydrogen-bond acceptors (Lipinski definition) is 7. The Hall–Kier alpha value is -2.90. The van der Waals surface area contributed by atoms with E-state index in [2.05, 4.69) is 0 Å². The lowest BCUT2D eigenvalue weighted by Gasteiger charge is -2.36. The second-order valence-electron chi connectivity index (χ2n) is 7.20. The van der Waals surface area contributed by atoms with Gasteiger partial charge in [0.2, 0.25) is 5.78 Å². The summed E-state index contributed by atoms with van der Waals surface area (Å²) in [5.74, 6) is -1.85. The van der Waals surface area contributed by atoms with E-state index in [1.165, 1.54) is 32.2 Å². The van der Waals surface area contributed by atoms with Gasteiger partial charge in [0, 0.05) is 22.8 Å². The van der Waals surface area contributed by atoms with Gasteiger partial charge in [0.15, 0.2) is 5.78 Å². The Bertz CT molecular complexity index is 1020. The molecule has 0 aromatic heterocycles. The topological polar surface area (TPSA) is 124 Å². The molecule has 0 radical (unpaired) electrons. The maximum atomic E-state index is 13.0. The Morgan fingerprint density at radius 1 is 1.07 bits per heavy atom. The number of benzene rings is 2. The predicted octanol–water partition coefficient (Wildman–Crippen LogP) is 1.61. The first kappa shape index (κ1) is 17.5. The first-order valence-corrected chi connectivity index (χ1v) is 8.47. The van der Waals surface area contributed by atoms with Crippen molar-refractivity contribution in [3.63, 3.8) is 0 Å². The van der Waals surface area contributed by atoms with Gasteiger partial charge in [-0.05, 0) is 37.5 Å². The van der Waals surface area contributed by atoms with Crippen LogP contribution in [0.2, 0.25) is 0 Å². The van der Waals surface area contributed by atoms with Gasteiger partial charge < -0.3 is 25.2 Å². The van der Waals surface area contributed by atoms with Crippen LogP contribution >= 0.6 is 0 Å². The molecule has 2 aromatic carbocycles. The minimum Gasteiger partial charge on any atom is -0.507 e. The molecule has 4 N–H and O–H groups in total. The van der Waals surface area contributed by atoms with Gasteiger partial charge in [-0.2, -0.15) is 0 Å². The molecule has 0 bridgehead atoms. The molecular weight excluding hydrogens is 352 g/mol. The van der Waals surface area contributed by atoms with Crippen molar-refractivity contribution < 1.29 is 34.8 Å². The monoisotopic (exact) mass is 370 g/mol. The molecule has 0 saturated carbocycles. The Kier molecular flexibility index (Phi) is 3.60. The van der Waals surface area contributed by atoms with E-state index < -0.39 is 34.8 Å². The van der Waals surface area contributed by atoms with Crippen LogP contribution < -0.4 is 4.74 Å². The number of carbonyl (C=O) groups is 2. The summed E-state index contributed by atoms with van der Waals surface area (Å²) in [6.07, 6.45) is -0.878. The van der Waals surface area contributed by atoms with Gasteiger partial charge in [0.05, 0.1) is 23.8 Å². The number of ketones is 2. The fourth-order valence-electron chi connectivity index (χ4n) is 3.90. The summed E-state index contributed by atoms with van der Waals surface area (Å²) in [5.41, 5.74) is -1.36. The number of aliphatic hydroxyl groups excluding tert-OH is 1. The molecule has 0 spiro atoms. The second-order valence-corrected chi connectivity index (χ2v) is 7.20. The number of aliphatic hydroxyl groups is 2. The van der Waals surface area contributed by atoms with Crippen LogP contribution in [0, 0.1) is 0 Å². The van der Waals surface area contributed by atoms with Gasteiger partial charge in [0.1, 0.15) is 23.4 Å². The highest BCUT2D eigenvalue weighted by atomic mass is 16.5. The second kappa shape index (κ2) is 5.55. The molecule has 0 amide bonds. The molecule has 27 heavy (non-hydrogen) atoms. The number of phenolic OH excluding ortho intramolecular Hbond substituents is 2. The largest absolute Gasteiger partial charge is 0.507 e. The van der Waals surface area contributed by atoms with Crippen LogP contribution in [0.15, 0.2) is 18.2 Å². The van der Waals surface area contributed by atoms with E-state index in [0.717, 1.165) is 0 Å². The van der Waals surface area contributed by atoms with E-state index in [-0.39, 0.29) is 46.4 Å². The third kappa shape index (κ3) is 2.28. The average Bonchev–Trinajstić information content (AvgIpc) is 2.62. The molecule has 2 aliphatic rings. The Balaban J connectivity index is 2.00. The summed E-state index contributed by atoms with van der Waals surface area (Å²) < 4.78 is 5.05. The Morgan fingerprint density at radius 3 is 2.41 bits per heavy atom. The van der Waals surface area contributed by atoms with Gasteiger partial charge in [-0.15, -0.1) is 0 Å². The van der Waals surface area contributed by atoms with E-state index in [0.29, 0.717) is 5.56 Å². The maximum absolute atomic E-state index is 13.0. The molecule has 2 aromatic rings. The van der Waals surface area contributed by atoms with Crippen LogP contribution in [-0.4, -0.2) is 44.7 Å². The van der Waals surface area contributed by atoms with Crippen molar-refractivity contribution in [2.75, 3.05) is 7.11 Å². The van der Waals surface area contributed by atoms with E-state index >= 15 is 0 Å². The van der Waals surface area contributed by atoms with E-state index in [1.54, 1.807) is 0 Å². The molecule has 0 saturated heterocycles. The number of fused-ring (bicyclic) bond motifs is 3. The number of ether oxygens (including phenoxy) is 1. The highest BCUT2D eigenvalue weighted by molar-refractivity contribution is 6.30. The minimum atomic E-state index is -1.41. The normalized spacial score (nSPS) is 23.5. The number of hydrogen-bond donors (Lipinski definition) is 4. The summed E-state index contributed by atoms with van der Waals surface area (Å²) in [4.78, 5) is 26.0. The number of carbonyl (C=O) groups excluding carboxylic acids is 2. The van der Waals surface area contributed by atoms with E-state index in [4.69, 9.17) is 4.74 Å². The van der Waals surface area contributed by atoms with Crippen molar-refractivity contribution in [1.29, 1.82) is 0 Å². The third-order valence-electron chi connectivity index (χ3n) is 5.48. The highest BCUT2D eigenvalue weighted by Gasteiger charge is 2.42. The van der Waals surface area contributed by atoms with Gasteiger partial charge in [0.25, 0.3) is 0 Å². The fourth-order valence-corrected chi connectivity index (χ4v) is 3.90. The van der Waals surface area contributed by atoms with Crippen LogP contribution in [0.5, 0.6) is 17.2 Å². The molecule has 2 unspecified atom stereocenters. The van der Waals surface area contributed by atoms with Crippen LogP contribution in [0.25, 0.3) is 0 Å². The lowest BCUT2D eigenvalue weighted by atomic mass is 9.74. The van der Waals surface area contributed by atoms with Gasteiger partial charge in [-0.25, -0.2) is 0 Å². The van der Waals surface area contributed by atoms with E-state index in [9.17, 15) is 30.0 Å². The molecule has 4 rings (SSSR count). The third-order valence-corrected chi connectivity index (χ3v) is 5.48. The summed E-state index contributed by atoms with van der Waals surface area (Å²) in [6.45, 7) is 1.47. The molecule has 0 aliphatic heterocycles. The zero-order valence-electron chi connectivity index (χ0n) is 14.7.